The topological polar surface area (TPSA) is 20.2 Å². The summed E-state index contributed by atoms with van der Waals surface area (Å²) in [7, 11) is 0.638. The second kappa shape index (κ2) is 4.55. The van der Waals surface area contributed by atoms with Crippen molar-refractivity contribution in [2.75, 3.05) is 0 Å². The van der Waals surface area contributed by atoms with Gasteiger partial charge in [-0.05, 0) is 0 Å². The normalized spacial score (nSPS) is 9.90. The van der Waals surface area contributed by atoms with Crippen LogP contribution in [0.4, 0.5) is 0 Å². The van der Waals surface area contributed by atoms with Crippen molar-refractivity contribution in [3.63, 3.8) is 0 Å². The number of aliphatic hydroxyl groups is 1. The fourth-order valence-corrected chi connectivity index (χ4v) is 4.18. The molecule has 0 aliphatic rings. The fourth-order valence-electron chi connectivity index (χ4n) is 0.834. The third-order valence-electron chi connectivity index (χ3n) is 1.36. The fraction of sp³-hybridized carbons (Fsp3) is 0.143. The Bertz CT molecular complexity index is 192. The van der Waals surface area contributed by atoms with Crippen LogP contribution in [-0.4, -0.2) is 41.0 Å². The Morgan fingerprint density at radius 1 is 1.40 bits per heavy atom. The summed E-state index contributed by atoms with van der Waals surface area (Å²) in [6.45, 7) is 0.195. The molecule has 0 saturated carbocycles. The maximum absolute atomic E-state index is 8.87. The van der Waals surface area contributed by atoms with Crippen LogP contribution in [-0.2, 0) is 6.61 Å². The summed E-state index contributed by atoms with van der Waals surface area (Å²) >= 11 is 1.23. The Morgan fingerprint density at radius 2 is 2.10 bits per heavy atom. The number of hydrogen-bond donors (Lipinski definition) is 1. The van der Waals surface area contributed by atoms with E-state index >= 15 is 0 Å². The van der Waals surface area contributed by atoms with E-state index in [0.29, 0.717) is 10.5 Å². The summed E-state index contributed by atoms with van der Waals surface area (Å²) in [6.07, 6.45) is 0. The van der Waals surface area contributed by atoms with Crippen molar-refractivity contribution in [3.05, 3.63) is 29.8 Å². The number of benzene rings is 1. The van der Waals surface area contributed by atoms with E-state index in [9.17, 15) is 0 Å². The standard InChI is InChI=1S/C7H8OSe.Na/c8-5-6-3-1-2-4-7(6)9;/h1-4,8-9H,5H2;/q;+1/p-1. The van der Waals surface area contributed by atoms with E-state index in [-0.39, 0.29) is 6.61 Å². The van der Waals surface area contributed by atoms with Gasteiger partial charge in [0.05, 0.1) is 0 Å². The minimum atomic E-state index is 0.195. The van der Waals surface area contributed by atoms with E-state index in [1.807, 2.05) is 18.2 Å². The molecule has 0 bridgehead atoms. The number of aliphatic hydroxyl groups excluding tert-OH is 1. The Hall–Kier alpha value is 0.699. The first kappa shape index (κ1) is 8.79. The zero-order chi connectivity index (χ0) is 7.40. The van der Waals surface area contributed by atoms with E-state index in [2.05, 4.69) is 6.07 Å². The van der Waals surface area contributed by atoms with Crippen LogP contribution >= 0.6 is 0 Å². The van der Waals surface area contributed by atoms with Crippen LogP contribution < -0.4 is 4.46 Å². The van der Waals surface area contributed by atoms with Crippen molar-refractivity contribution < 1.29 is 5.11 Å². The SMILES string of the molecule is OCc1ccccc1[Se][Na]. The molecule has 0 aromatic heterocycles. The van der Waals surface area contributed by atoms with Gasteiger partial charge in [0.2, 0.25) is 0 Å². The molecule has 0 aliphatic carbocycles. The van der Waals surface area contributed by atoms with E-state index < -0.39 is 0 Å². The van der Waals surface area contributed by atoms with Crippen molar-refractivity contribution in [2.24, 2.45) is 0 Å². The van der Waals surface area contributed by atoms with Crippen molar-refractivity contribution in [1.82, 2.24) is 0 Å². The third-order valence-corrected chi connectivity index (χ3v) is 5.41. The molecule has 0 heterocycles. The van der Waals surface area contributed by atoms with Gasteiger partial charge in [-0.15, -0.1) is 0 Å². The molecule has 1 nitrogen and oxygen atoms in total. The average molecular weight is 209 g/mol. The molecule has 0 spiro atoms. The Balaban J connectivity index is 2.96. The van der Waals surface area contributed by atoms with Gasteiger partial charge in [-0.25, -0.2) is 0 Å². The summed E-state index contributed by atoms with van der Waals surface area (Å²) < 4.78 is 1.36. The van der Waals surface area contributed by atoms with Gasteiger partial charge >= 0.3 is 81.9 Å². The molecular formula is C7H7NaOSe. The summed E-state index contributed by atoms with van der Waals surface area (Å²) in [5.74, 6) is 0. The van der Waals surface area contributed by atoms with Crippen LogP contribution in [0.1, 0.15) is 5.56 Å². The molecule has 0 atom stereocenters. The van der Waals surface area contributed by atoms with Crippen LogP contribution in [0.5, 0.6) is 0 Å². The monoisotopic (exact) mass is 210 g/mol. The zero-order valence-electron chi connectivity index (χ0n) is 5.87. The molecule has 1 aromatic rings. The van der Waals surface area contributed by atoms with Crippen molar-refractivity contribution in [3.8, 4) is 0 Å². The molecule has 0 fully saturated rings. The first-order valence-corrected chi connectivity index (χ1v) is 9.92. The van der Waals surface area contributed by atoms with Crippen molar-refractivity contribution in [1.29, 1.82) is 0 Å². The Kier molecular flexibility index (Phi) is 4.00. The van der Waals surface area contributed by atoms with Gasteiger partial charge in [0.25, 0.3) is 0 Å². The molecule has 0 amide bonds. The van der Waals surface area contributed by atoms with E-state index in [1.54, 1.807) is 0 Å². The van der Waals surface area contributed by atoms with Gasteiger partial charge in [-0.2, -0.15) is 0 Å². The van der Waals surface area contributed by atoms with Crippen molar-refractivity contribution in [2.45, 2.75) is 6.61 Å². The summed E-state index contributed by atoms with van der Waals surface area (Å²) in [6, 6.07) is 8.12. The predicted molar refractivity (Wildman–Crippen MR) is 43.5 cm³/mol. The molecule has 1 N–H and O–H groups in total. The summed E-state index contributed by atoms with van der Waals surface area (Å²) in [5, 5.41) is 8.87. The molecule has 10 heavy (non-hydrogen) atoms. The maximum atomic E-state index is 8.87. The quantitative estimate of drug-likeness (QED) is 0.656. The second-order valence-electron chi connectivity index (χ2n) is 1.97. The van der Waals surface area contributed by atoms with Gasteiger partial charge in [-0.1, -0.05) is 0 Å². The Labute approximate surface area is 81.3 Å². The summed E-state index contributed by atoms with van der Waals surface area (Å²) in [5.41, 5.74) is 1.11. The van der Waals surface area contributed by atoms with Gasteiger partial charge in [-0.3, -0.25) is 0 Å². The molecule has 1 aromatic carbocycles. The van der Waals surface area contributed by atoms with Gasteiger partial charge < -0.3 is 0 Å². The van der Waals surface area contributed by atoms with Gasteiger partial charge in [0, 0.05) is 0 Å². The van der Waals surface area contributed by atoms with Gasteiger partial charge in [0.1, 0.15) is 0 Å². The van der Waals surface area contributed by atoms with E-state index in [4.69, 9.17) is 5.11 Å². The van der Waals surface area contributed by atoms with Crippen LogP contribution in [0.3, 0.4) is 0 Å². The predicted octanol–water partition coefficient (Wildman–Crippen LogP) is -0.408. The molecule has 48 valence electrons. The minimum absolute atomic E-state index is 0.195. The van der Waals surface area contributed by atoms with E-state index in [1.165, 1.54) is 29.8 Å². The van der Waals surface area contributed by atoms with Crippen LogP contribution in [0.15, 0.2) is 24.3 Å². The number of rotatable bonds is 2. The molecular weight excluding hydrogens is 202 g/mol. The first-order chi connectivity index (χ1) is 4.88. The van der Waals surface area contributed by atoms with Crippen LogP contribution in [0.2, 0.25) is 0 Å². The van der Waals surface area contributed by atoms with Crippen LogP contribution in [0, 0.1) is 0 Å². The molecule has 0 unspecified atom stereocenters. The zero-order valence-corrected chi connectivity index (χ0v) is 9.59. The van der Waals surface area contributed by atoms with E-state index in [0.717, 1.165) is 5.56 Å². The third kappa shape index (κ3) is 2.09. The van der Waals surface area contributed by atoms with Gasteiger partial charge in [0.15, 0.2) is 0 Å². The second-order valence-corrected chi connectivity index (χ2v) is 5.87. The van der Waals surface area contributed by atoms with Crippen molar-refractivity contribution >= 4 is 40.4 Å². The first-order valence-electron chi connectivity index (χ1n) is 3.11. The molecule has 3 heteroatoms. The Morgan fingerprint density at radius 3 is 2.60 bits per heavy atom. The molecule has 1 rings (SSSR count). The molecule has 0 aliphatic heterocycles. The molecule has 0 radical (unpaired) electrons. The summed E-state index contributed by atoms with van der Waals surface area (Å²) in [4.78, 5) is 0. The van der Waals surface area contributed by atoms with Crippen LogP contribution in [0.25, 0.3) is 0 Å². The molecule has 0 saturated heterocycles. The number of hydrogen-bond acceptors (Lipinski definition) is 1. The average Bonchev–Trinajstić information content (AvgIpc) is 2.04.